The van der Waals surface area contributed by atoms with Crippen LogP contribution in [0.4, 0.5) is 29.7 Å². The zero-order valence-corrected chi connectivity index (χ0v) is 20.6. The van der Waals surface area contributed by atoms with Crippen molar-refractivity contribution in [2.45, 2.75) is 50.4 Å². The van der Waals surface area contributed by atoms with Crippen molar-refractivity contribution in [3.05, 3.63) is 36.3 Å². The van der Waals surface area contributed by atoms with Crippen LogP contribution < -0.4 is 15.1 Å². The van der Waals surface area contributed by atoms with Crippen LogP contribution in [0.5, 0.6) is 0 Å². The van der Waals surface area contributed by atoms with Crippen LogP contribution >= 0.6 is 11.8 Å². The monoisotopic (exact) mass is 512 g/mol. The highest BCUT2D eigenvalue weighted by Gasteiger charge is 2.32. The molecular weight excluding hydrogens is 485 g/mol. The number of nitrogens with one attached hydrogen (secondary N) is 1. The van der Waals surface area contributed by atoms with Gasteiger partial charge >= 0.3 is 12.3 Å². The molecule has 2 aromatic rings. The summed E-state index contributed by atoms with van der Waals surface area (Å²) < 4.78 is 43.4. The van der Waals surface area contributed by atoms with E-state index in [2.05, 4.69) is 20.3 Å². The number of hydrogen-bond donors (Lipinski definition) is 1. The van der Waals surface area contributed by atoms with Crippen molar-refractivity contribution < 1.29 is 27.5 Å². The Bertz CT molecular complexity index is 1050. The van der Waals surface area contributed by atoms with Gasteiger partial charge in [0.25, 0.3) is 0 Å². The van der Waals surface area contributed by atoms with E-state index < -0.39 is 23.4 Å². The molecule has 0 radical (unpaired) electrons. The summed E-state index contributed by atoms with van der Waals surface area (Å²) in [6.07, 6.45) is -1.99. The Balaban J connectivity index is 1.56. The number of anilines is 2. The van der Waals surface area contributed by atoms with Gasteiger partial charge in [-0.05, 0) is 39.8 Å². The van der Waals surface area contributed by atoms with Crippen LogP contribution in [0, 0.1) is 0 Å². The number of ether oxygens (including phenoxy) is 1. The molecule has 1 aliphatic heterocycles. The molecule has 0 saturated carbocycles. The van der Waals surface area contributed by atoms with Gasteiger partial charge in [-0.25, -0.2) is 19.7 Å². The Morgan fingerprint density at radius 3 is 2.49 bits per heavy atom. The Morgan fingerprint density at radius 2 is 1.89 bits per heavy atom. The van der Waals surface area contributed by atoms with E-state index in [0.29, 0.717) is 30.5 Å². The fourth-order valence-electron chi connectivity index (χ4n) is 3.13. The van der Waals surface area contributed by atoms with Crippen molar-refractivity contribution in [1.82, 2.24) is 20.3 Å². The van der Waals surface area contributed by atoms with E-state index >= 15 is 0 Å². The first-order valence-electron chi connectivity index (χ1n) is 10.8. The Hall–Kier alpha value is -3.09. The predicted molar refractivity (Wildman–Crippen MR) is 125 cm³/mol. The number of alkyl halides is 3. The lowest BCUT2D eigenvalue weighted by Gasteiger charge is -2.33. The molecule has 1 saturated heterocycles. The van der Waals surface area contributed by atoms with E-state index in [0.717, 1.165) is 4.90 Å². The summed E-state index contributed by atoms with van der Waals surface area (Å²) in [6.45, 7) is 7.78. The maximum absolute atomic E-state index is 12.8. The third-order valence-electron chi connectivity index (χ3n) is 4.73. The number of aromatic nitrogens is 3. The normalized spacial score (nSPS) is 15.7. The molecule has 3 heterocycles. The maximum Gasteiger partial charge on any atom is 0.419 e. The molecule has 1 N–H and O–H groups in total. The first-order valence-corrected chi connectivity index (χ1v) is 11.8. The maximum atomic E-state index is 12.8. The fourth-order valence-corrected chi connectivity index (χ4v) is 4.00. The number of carbonyl (C=O) groups is 2. The number of halogens is 3. The number of rotatable bonds is 6. The minimum absolute atomic E-state index is 0.0646. The van der Waals surface area contributed by atoms with E-state index in [4.69, 9.17) is 4.74 Å². The first kappa shape index (κ1) is 26.5. The van der Waals surface area contributed by atoms with Crippen molar-refractivity contribution in [2.75, 3.05) is 35.2 Å². The van der Waals surface area contributed by atoms with E-state index in [9.17, 15) is 22.8 Å². The second kappa shape index (κ2) is 10.7. The second-order valence-corrected chi connectivity index (χ2v) is 10.0. The molecule has 0 spiro atoms. The molecule has 0 unspecified atom stereocenters. The Labute approximate surface area is 205 Å². The quantitative estimate of drug-likeness (QED) is 0.585. The lowest BCUT2D eigenvalue weighted by Crippen LogP contribution is -2.51. The number of nitrogens with zero attached hydrogens (tertiary/aromatic N) is 5. The molecular formula is C22H27F3N6O3S. The summed E-state index contributed by atoms with van der Waals surface area (Å²) in [6, 6.07) is 3.44. The Kier molecular flexibility index (Phi) is 8.08. The number of piperazine rings is 1. The molecule has 190 valence electrons. The molecule has 0 aliphatic carbocycles. The number of carbonyl (C=O) groups excluding carboxylic acids is 2. The number of alkyl carbamates (subject to hydrolysis) is 1. The van der Waals surface area contributed by atoms with E-state index in [1.807, 2.05) is 13.0 Å². The number of amides is 2. The number of hydrogen-bond acceptors (Lipinski definition) is 8. The topological polar surface area (TPSA) is 101 Å². The summed E-state index contributed by atoms with van der Waals surface area (Å²) in [7, 11) is 0. The van der Waals surface area contributed by atoms with Gasteiger partial charge in [-0.2, -0.15) is 13.2 Å². The molecule has 1 aliphatic rings. The van der Waals surface area contributed by atoms with Crippen LogP contribution in [0.15, 0.2) is 35.6 Å². The Morgan fingerprint density at radius 1 is 1.20 bits per heavy atom. The minimum atomic E-state index is -4.52. The van der Waals surface area contributed by atoms with Crippen molar-refractivity contribution >= 4 is 35.5 Å². The van der Waals surface area contributed by atoms with Crippen molar-refractivity contribution in [3.8, 4) is 0 Å². The third-order valence-corrected chi connectivity index (χ3v) is 5.98. The average molecular weight is 513 g/mol. The molecule has 35 heavy (non-hydrogen) atoms. The van der Waals surface area contributed by atoms with Gasteiger partial charge in [0.1, 0.15) is 18.0 Å². The van der Waals surface area contributed by atoms with Gasteiger partial charge < -0.3 is 15.0 Å². The van der Waals surface area contributed by atoms with Gasteiger partial charge in [0, 0.05) is 48.4 Å². The summed E-state index contributed by atoms with van der Waals surface area (Å²) in [5.74, 6) is 0.847. The predicted octanol–water partition coefficient (Wildman–Crippen LogP) is 3.75. The highest BCUT2D eigenvalue weighted by atomic mass is 32.2. The molecule has 0 bridgehead atoms. The average Bonchev–Trinajstić information content (AvgIpc) is 2.76. The van der Waals surface area contributed by atoms with Crippen LogP contribution in [-0.4, -0.2) is 64.0 Å². The van der Waals surface area contributed by atoms with Crippen LogP contribution in [-0.2, 0) is 15.7 Å². The lowest BCUT2D eigenvalue weighted by atomic mass is 10.2. The van der Waals surface area contributed by atoms with Crippen molar-refractivity contribution in [3.63, 3.8) is 0 Å². The summed E-state index contributed by atoms with van der Waals surface area (Å²) in [5, 5.41) is 2.78. The highest BCUT2D eigenvalue weighted by molar-refractivity contribution is 7.99. The van der Waals surface area contributed by atoms with Crippen molar-refractivity contribution in [1.29, 1.82) is 0 Å². The van der Waals surface area contributed by atoms with Gasteiger partial charge in [-0.3, -0.25) is 9.69 Å². The van der Waals surface area contributed by atoms with E-state index in [1.54, 1.807) is 33.0 Å². The molecule has 0 aromatic carbocycles. The minimum Gasteiger partial charge on any atom is -0.444 e. The van der Waals surface area contributed by atoms with E-state index in [-0.39, 0.29) is 31.0 Å². The highest BCUT2D eigenvalue weighted by Crippen LogP contribution is 2.29. The molecule has 13 heteroatoms. The van der Waals surface area contributed by atoms with Crippen LogP contribution in [0.2, 0.25) is 0 Å². The van der Waals surface area contributed by atoms with Gasteiger partial charge in [-0.15, -0.1) is 11.8 Å². The molecule has 1 fully saturated rings. The molecule has 2 amide bonds. The van der Waals surface area contributed by atoms with Gasteiger partial charge in [0.2, 0.25) is 11.9 Å². The summed E-state index contributed by atoms with van der Waals surface area (Å²) in [4.78, 5) is 40.4. The van der Waals surface area contributed by atoms with Gasteiger partial charge in [0.05, 0.1) is 5.56 Å². The molecule has 1 atom stereocenters. The van der Waals surface area contributed by atoms with E-state index in [1.165, 1.54) is 21.6 Å². The van der Waals surface area contributed by atoms with Crippen molar-refractivity contribution in [2.24, 2.45) is 0 Å². The summed E-state index contributed by atoms with van der Waals surface area (Å²) >= 11 is 1.50. The lowest BCUT2D eigenvalue weighted by molar-refractivity contribution is -0.138. The molecule has 9 nitrogen and oxygen atoms in total. The second-order valence-electron chi connectivity index (χ2n) is 8.94. The SMILES string of the molecule is C[C@@H](CSc1ccnc(N2CCN(c3ncc(C(F)(F)F)cn3)CC2=O)c1)NC(=O)OC(C)(C)C. The van der Waals surface area contributed by atoms with Crippen LogP contribution in [0.25, 0.3) is 0 Å². The number of pyridine rings is 1. The molecule has 3 rings (SSSR count). The number of thioether (sulfide) groups is 1. The smallest absolute Gasteiger partial charge is 0.419 e. The summed E-state index contributed by atoms with van der Waals surface area (Å²) in [5.41, 5.74) is -1.52. The zero-order chi connectivity index (χ0) is 25.8. The van der Waals surface area contributed by atoms with Gasteiger partial charge in [0.15, 0.2) is 0 Å². The third kappa shape index (κ3) is 7.70. The van der Waals surface area contributed by atoms with Gasteiger partial charge in [-0.1, -0.05) is 0 Å². The largest absolute Gasteiger partial charge is 0.444 e. The first-order chi connectivity index (χ1) is 16.3. The standard InChI is InChI=1S/C22H27F3N6O3S/c1-14(29-20(33)34-21(2,3)4)13-35-16-5-6-26-17(9-16)31-8-7-30(12-18(31)32)19-27-10-15(11-28-19)22(23,24)25/h5-6,9-11,14H,7-8,12-13H2,1-4H3,(H,29,33)/t14-/m0/s1. The van der Waals surface area contributed by atoms with Crippen LogP contribution in [0.1, 0.15) is 33.3 Å². The zero-order valence-electron chi connectivity index (χ0n) is 19.8. The van der Waals surface area contributed by atoms with Crippen LogP contribution in [0.3, 0.4) is 0 Å². The molecule has 2 aromatic heterocycles. The fraction of sp³-hybridized carbons (Fsp3) is 0.500.